The Morgan fingerprint density at radius 2 is 1.81 bits per heavy atom. The number of nitrogens with zero attached hydrogens (tertiary/aromatic N) is 6. The van der Waals surface area contributed by atoms with E-state index in [1.807, 2.05) is 32.9 Å². The maximum absolute atomic E-state index is 13.1. The lowest BCUT2D eigenvalue weighted by Crippen LogP contribution is -2.49. The van der Waals surface area contributed by atoms with Crippen molar-refractivity contribution in [2.45, 2.75) is 52.0 Å². The standard InChI is InChI=1S/C32H31N7O3/c1-19(2)42-28(41)26(31(3,4)5)35-27(40)21-10-8-20(9-11-21)25-18-34-30-37-36-29(39(30)38-25)32(14-15-32)23-12-13-24-22(17-23)7-6-16-33-24/h6-13,16-18,26H,1,14-15H2,2-5H3,(H,35,40)/t26-/m1/s1. The van der Waals surface area contributed by atoms with Crippen molar-refractivity contribution in [2.75, 3.05) is 0 Å². The predicted molar refractivity (Wildman–Crippen MR) is 157 cm³/mol. The van der Waals surface area contributed by atoms with Crippen molar-refractivity contribution in [3.05, 3.63) is 96.3 Å². The molecule has 1 aliphatic rings. The average Bonchev–Trinajstić information content (AvgIpc) is 3.66. The summed E-state index contributed by atoms with van der Waals surface area (Å²) >= 11 is 0. The van der Waals surface area contributed by atoms with Crippen LogP contribution >= 0.6 is 0 Å². The fourth-order valence-electron chi connectivity index (χ4n) is 5.13. The van der Waals surface area contributed by atoms with Crippen LogP contribution in [0.25, 0.3) is 27.9 Å². The molecule has 2 aromatic carbocycles. The van der Waals surface area contributed by atoms with Gasteiger partial charge in [0.15, 0.2) is 5.82 Å². The molecule has 212 valence electrons. The third-order valence-corrected chi connectivity index (χ3v) is 7.56. The van der Waals surface area contributed by atoms with E-state index in [2.05, 4.69) is 50.3 Å². The van der Waals surface area contributed by atoms with Crippen LogP contribution in [0, 0.1) is 5.41 Å². The van der Waals surface area contributed by atoms with E-state index in [1.54, 1.807) is 48.1 Å². The van der Waals surface area contributed by atoms with Crippen molar-refractivity contribution in [1.29, 1.82) is 0 Å². The zero-order valence-electron chi connectivity index (χ0n) is 24.0. The van der Waals surface area contributed by atoms with Crippen LogP contribution in [0.1, 0.15) is 62.3 Å². The van der Waals surface area contributed by atoms with Crippen molar-refractivity contribution < 1.29 is 14.3 Å². The van der Waals surface area contributed by atoms with Crippen molar-refractivity contribution >= 4 is 28.6 Å². The summed E-state index contributed by atoms with van der Waals surface area (Å²) in [7, 11) is 0. The van der Waals surface area contributed by atoms with Crippen molar-refractivity contribution in [1.82, 2.24) is 35.1 Å². The van der Waals surface area contributed by atoms with Gasteiger partial charge in [-0.15, -0.1) is 10.2 Å². The van der Waals surface area contributed by atoms with Crippen LogP contribution in [0.4, 0.5) is 0 Å². The second kappa shape index (κ2) is 10.1. The summed E-state index contributed by atoms with van der Waals surface area (Å²) in [6.45, 7) is 10.8. The largest absolute Gasteiger partial charge is 0.430 e. The van der Waals surface area contributed by atoms with E-state index in [1.165, 1.54) is 0 Å². The summed E-state index contributed by atoms with van der Waals surface area (Å²) in [5.41, 5.74) is 3.05. The van der Waals surface area contributed by atoms with Gasteiger partial charge in [-0.2, -0.15) is 9.61 Å². The summed E-state index contributed by atoms with van der Waals surface area (Å²) in [5, 5.41) is 17.5. The third-order valence-electron chi connectivity index (χ3n) is 7.56. The first-order valence-corrected chi connectivity index (χ1v) is 13.8. The molecule has 6 rings (SSSR count). The topological polar surface area (TPSA) is 124 Å². The Balaban J connectivity index is 1.26. The van der Waals surface area contributed by atoms with Gasteiger partial charge in [0.2, 0.25) is 0 Å². The Morgan fingerprint density at radius 3 is 2.50 bits per heavy atom. The van der Waals surface area contributed by atoms with Crippen LogP contribution in [0.2, 0.25) is 0 Å². The predicted octanol–water partition coefficient (Wildman–Crippen LogP) is 5.04. The van der Waals surface area contributed by atoms with Crippen LogP contribution in [-0.2, 0) is 14.9 Å². The maximum Gasteiger partial charge on any atom is 0.334 e. The smallest absolute Gasteiger partial charge is 0.334 e. The summed E-state index contributed by atoms with van der Waals surface area (Å²) in [4.78, 5) is 34.6. The van der Waals surface area contributed by atoms with E-state index in [9.17, 15) is 9.59 Å². The molecule has 10 heteroatoms. The molecule has 1 saturated carbocycles. The number of allylic oxidation sites excluding steroid dienone is 1. The lowest BCUT2D eigenvalue weighted by molar-refractivity contribution is -0.144. The monoisotopic (exact) mass is 561 g/mol. The number of rotatable bonds is 7. The van der Waals surface area contributed by atoms with Crippen molar-refractivity contribution in [3.63, 3.8) is 0 Å². The molecule has 0 spiro atoms. The number of ether oxygens (including phenoxy) is 1. The molecule has 0 radical (unpaired) electrons. The van der Waals surface area contributed by atoms with Gasteiger partial charge in [-0.25, -0.2) is 9.78 Å². The molecule has 1 aliphatic carbocycles. The lowest BCUT2D eigenvalue weighted by atomic mass is 9.86. The van der Waals surface area contributed by atoms with E-state index in [4.69, 9.17) is 9.84 Å². The van der Waals surface area contributed by atoms with Gasteiger partial charge < -0.3 is 10.1 Å². The number of carbonyl (C=O) groups excluding carboxylic acids is 2. The van der Waals surface area contributed by atoms with Gasteiger partial charge in [0.25, 0.3) is 11.7 Å². The summed E-state index contributed by atoms with van der Waals surface area (Å²) < 4.78 is 6.91. The minimum atomic E-state index is -0.851. The molecule has 3 heterocycles. The maximum atomic E-state index is 13.1. The Hall–Kier alpha value is -4.99. The molecular formula is C32H31N7O3. The van der Waals surface area contributed by atoms with Crippen molar-refractivity contribution in [3.8, 4) is 11.3 Å². The van der Waals surface area contributed by atoms with E-state index in [0.29, 0.717) is 17.0 Å². The highest BCUT2D eigenvalue weighted by molar-refractivity contribution is 5.97. The number of pyridine rings is 1. The fraction of sp³-hybridized carbons (Fsp3) is 0.281. The first-order chi connectivity index (χ1) is 20.0. The van der Waals surface area contributed by atoms with Crippen LogP contribution < -0.4 is 5.32 Å². The van der Waals surface area contributed by atoms with Gasteiger partial charge in [0.1, 0.15) is 11.7 Å². The number of esters is 1. The number of amides is 1. The molecule has 0 saturated heterocycles. The number of hydrogen-bond donors (Lipinski definition) is 1. The molecule has 0 aliphatic heterocycles. The first kappa shape index (κ1) is 27.2. The molecule has 1 N–H and O–H groups in total. The minimum absolute atomic E-state index is 0.268. The average molecular weight is 562 g/mol. The SMILES string of the molecule is C=C(C)OC(=O)[C@@H](NC(=O)c1ccc(-c2cnc3nnc(C4(c5ccc6ncccc6c5)CC4)n3n2)cc1)C(C)(C)C. The van der Waals surface area contributed by atoms with Gasteiger partial charge in [0.05, 0.1) is 22.9 Å². The van der Waals surface area contributed by atoms with E-state index >= 15 is 0 Å². The van der Waals surface area contributed by atoms with E-state index in [0.717, 1.165) is 40.7 Å². The highest BCUT2D eigenvalue weighted by Gasteiger charge is 2.50. The normalized spacial score (nSPS) is 14.9. The van der Waals surface area contributed by atoms with E-state index in [-0.39, 0.29) is 17.1 Å². The van der Waals surface area contributed by atoms with E-state index < -0.39 is 17.4 Å². The molecule has 1 atom stereocenters. The Bertz CT molecular complexity index is 1850. The zero-order chi connectivity index (χ0) is 29.6. The van der Waals surface area contributed by atoms with Crippen molar-refractivity contribution in [2.24, 2.45) is 5.41 Å². The van der Waals surface area contributed by atoms with Crippen LogP contribution in [0.5, 0.6) is 0 Å². The van der Waals surface area contributed by atoms with Crippen LogP contribution in [0.3, 0.4) is 0 Å². The number of aromatic nitrogens is 6. The third kappa shape index (κ3) is 5.00. The summed E-state index contributed by atoms with van der Waals surface area (Å²) in [6, 6.07) is 16.4. The van der Waals surface area contributed by atoms with Gasteiger partial charge in [-0.3, -0.25) is 9.78 Å². The molecule has 0 unspecified atom stereocenters. The second-order valence-electron chi connectivity index (χ2n) is 11.8. The number of carbonyl (C=O) groups is 2. The Labute approximate surface area is 242 Å². The lowest BCUT2D eigenvalue weighted by Gasteiger charge is -2.29. The second-order valence-corrected chi connectivity index (χ2v) is 11.8. The summed E-state index contributed by atoms with van der Waals surface area (Å²) in [5.74, 6) is 0.504. The van der Waals surface area contributed by atoms with Crippen LogP contribution in [0.15, 0.2) is 79.3 Å². The van der Waals surface area contributed by atoms with Gasteiger partial charge in [-0.05, 0) is 61.1 Å². The molecular weight excluding hydrogens is 530 g/mol. The number of hydrogen-bond acceptors (Lipinski definition) is 8. The Morgan fingerprint density at radius 1 is 1.05 bits per heavy atom. The highest BCUT2D eigenvalue weighted by atomic mass is 16.5. The van der Waals surface area contributed by atoms with Gasteiger partial charge in [0, 0.05) is 22.7 Å². The minimum Gasteiger partial charge on any atom is -0.430 e. The Kier molecular flexibility index (Phi) is 6.56. The molecule has 1 amide bonds. The fourth-order valence-corrected chi connectivity index (χ4v) is 5.13. The van der Waals surface area contributed by atoms with Gasteiger partial charge in [-0.1, -0.05) is 51.6 Å². The first-order valence-electron chi connectivity index (χ1n) is 13.8. The molecule has 10 nitrogen and oxygen atoms in total. The quantitative estimate of drug-likeness (QED) is 0.217. The number of nitrogens with one attached hydrogen (secondary N) is 1. The molecule has 1 fully saturated rings. The molecule has 0 bridgehead atoms. The molecule has 3 aromatic heterocycles. The van der Waals surface area contributed by atoms with Crippen LogP contribution in [-0.4, -0.2) is 47.7 Å². The zero-order valence-corrected chi connectivity index (χ0v) is 24.0. The summed E-state index contributed by atoms with van der Waals surface area (Å²) in [6.07, 6.45) is 5.31. The van der Waals surface area contributed by atoms with Gasteiger partial charge >= 0.3 is 5.97 Å². The number of fused-ring (bicyclic) bond motifs is 2. The molecule has 5 aromatic rings. The highest BCUT2D eigenvalue weighted by Crippen LogP contribution is 2.53. The number of benzene rings is 2. The molecule has 42 heavy (non-hydrogen) atoms.